The van der Waals surface area contributed by atoms with Crippen LogP contribution in [0.15, 0.2) is 0 Å². The van der Waals surface area contributed by atoms with E-state index in [1.807, 2.05) is 4.90 Å². The molecule has 98 valence electrons. The highest BCUT2D eigenvalue weighted by molar-refractivity contribution is 7.37. The molecule has 1 aliphatic heterocycles. The Kier molecular flexibility index (Phi) is 7.43. The summed E-state index contributed by atoms with van der Waals surface area (Å²) in [6.07, 6.45) is 8.54. The van der Waals surface area contributed by atoms with Crippen LogP contribution in [-0.4, -0.2) is 42.4 Å². The van der Waals surface area contributed by atoms with Crippen molar-refractivity contribution in [3.05, 3.63) is 0 Å². The summed E-state index contributed by atoms with van der Waals surface area (Å²) in [6.45, 7) is 4.22. The van der Waals surface area contributed by atoms with Crippen molar-refractivity contribution in [2.24, 2.45) is 0 Å². The monoisotopic (exact) mass is 256 g/mol. The average Bonchev–Trinajstić information content (AvgIpc) is 2.38. The molecular weight excluding hydrogens is 231 g/mol. The van der Waals surface area contributed by atoms with Gasteiger partial charge in [0.1, 0.15) is 0 Å². The summed E-state index contributed by atoms with van der Waals surface area (Å²) in [7, 11) is 1.03. The number of unbranched alkanes of at least 4 members (excludes halogenated alkanes) is 3. The number of nitrogens with one attached hydrogen (secondary N) is 1. The first kappa shape index (κ1) is 14.6. The third kappa shape index (κ3) is 5.63. The molecule has 1 unspecified atom stereocenters. The second-order valence-corrected chi connectivity index (χ2v) is 6.14. The number of nitrogens with zero attached hydrogens (tertiary/aromatic N) is 1. The van der Waals surface area contributed by atoms with Gasteiger partial charge in [0.25, 0.3) is 0 Å². The Morgan fingerprint density at radius 1 is 1.35 bits per heavy atom. The van der Waals surface area contributed by atoms with Crippen molar-refractivity contribution in [3.63, 3.8) is 0 Å². The van der Waals surface area contributed by atoms with Gasteiger partial charge >= 0.3 is 0 Å². The smallest absolute Gasteiger partial charge is 0.222 e. The third-order valence-electron chi connectivity index (χ3n) is 3.50. The van der Waals surface area contributed by atoms with Crippen LogP contribution in [-0.2, 0) is 4.79 Å². The summed E-state index contributed by atoms with van der Waals surface area (Å²) in [5.74, 6) is 0.345. The molecule has 1 heterocycles. The summed E-state index contributed by atoms with van der Waals surface area (Å²) in [5.41, 5.74) is 0.867. The van der Waals surface area contributed by atoms with Crippen LogP contribution < -0.4 is 0 Å². The van der Waals surface area contributed by atoms with Crippen molar-refractivity contribution in [3.8, 4) is 0 Å². The SMILES string of the molecule is CPC1CCN(C(=O)CCCCCC=N)CC1. The summed E-state index contributed by atoms with van der Waals surface area (Å²) >= 11 is 0. The molecule has 1 rings (SSSR count). The van der Waals surface area contributed by atoms with E-state index in [1.54, 1.807) is 0 Å². The number of hydrogen-bond donors (Lipinski definition) is 1. The molecule has 1 saturated heterocycles. The predicted octanol–water partition coefficient (Wildman–Crippen LogP) is 2.89. The van der Waals surface area contributed by atoms with Crippen LogP contribution in [0.25, 0.3) is 0 Å². The van der Waals surface area contributed by atoms with Gasteiger partial charge in [-0.15, -0.1) is 8.58 Å². The molecule has 0 aliphatic carbocycles. The summed E-state index contributed by atoms with van der Waals surface area (Å²) in [6, 6.07) is 0. The zero-order chi connectivity index (χ0) is 12.5. The molecule has 3 nitrogen and oxygen atoms in total. The molecule has 1 N–H and O–H groups in total. The van der Waals surface area contributed by atoms with E-state index >= 15 is 0 Å². The summed E-state index contributed by atoms with van der Waals surface area (Å²) in [5, 5.41) is 6.92. The van der Waals surface area contributed by atoms with Gasteiger partial charge in [0.2, 0.25) is 5.91 Å². The standard InChI is InChI=1S/C13H25N2OP/c1-17-12-7-10-15(11-8-12)13(16)6-4-2-3-5-9-14/h9,12,14,17H,2-8,10-11H2,1H3. The van der Waals surface area contributed by atoms with Gasteiger partial charge in [-0.2, -0.15) is 0 Å². The van der Waals surface area contributed by atoms with E-state index in [9.17, 15) is 4.79 Å². The highest BCUT2D eigenvalue weighted by atomic mass is 31.1. The first-order chi connectivity index (χ1) is 8.27. The molecule has 0 aromatic heterocycles. The van der Waals surface area contributed by atoms with E-state index < -0.39 is 0 Å². The third-order valence-corrected chi connectivity index (χ3v) is 4.89. The minimum atomic E-state index is 0.345. The zero-order valence-electron chi connectivity index (χ0n) is 10.9. The lowest BCUT2D eigenvalue weighted by Crippen LogP contribution is -2.38. The molecule has 0 aromatic carbocycles. The fourth-order valence-corrected chi connectivity index (χ4v) is 3.11. The van der Waals surface area contributed by atoms with Crippen LogP contribution in [0, 0.1) is 5.41 Å². The Labute approximate surface area is 107 Å². The van der Waals surface area contributed by atoms with Gasteiger partial charge in [-0.1, -0.05) is 6.42 Å². The van der Waals surface area contributed by atoms with E-state index in [-0.39, 0.29) is 0 Å². The van der Waals surface area contributed by atoms with Gasteiger partial charge in [0, 0.05) is 19.5 Å². The van der Waals surface area contributed by atoms with Crippen LogP contribution in [0.5, 0.6) is 0 Å². The Hall–Kier alpha value is -0.430. The minimum absolute atomic E-state index is 0.345. The maximum atomic E-state index is 11.9. The van der Waals surface area contributed by atoms with Crippen molar-refractivity contribution in [1.82, 2.24) is 4.90 Å². The van der Waals surface area contributed by atoms with Gasteiger partial charge in [-0.05, 0) is 50.6 Å². The number of rotatable bonds is 7. The van der Waals surface area contributed by atoms with Crippen molar-refractivity contribution < 1.29 is 4.79 Å². The predicted molar refractivity (Wildman–Crippen MR) is 75.7 cm³/mol. The lowest BCUT2D eigenvalue weighted by Gasteiger charge is -2.31. The molecule has 1 atom stereocenters. The second-order valence-electron chi connectivity index (χ2n) is 4.75. The fourth-order valence-electron chi connectivity index (χ4n) is 2.28. The maximum absolute atomic E-state index is 11.9. The highest BCUT2D eigenvalue weighted by Gasteiger charge is 2.20. The Balaban J connectivity index is 2.09. The molecule has 1 fully saturated rings. The van der Waals surface area contributed by atoms with Crippen molar-refractivity contribution in [1.29, 1.82) is 5.41 Å². The molecule has 1 aliphatic rings. The van der Waals surface area contributed by atoms with Gasteiger partial charge in [0.05, 0.1) is 0 Å². The minimum Gasteiger partial charge on any atom is -0.343 e. The number of amides is 1. The average molecular weight is 256 g/mol. The van der Waals surface area contributed by atoms with Crippen LogP contribution in [0.2, 0.25) is 0 Å². The maximum Gasteiger partial charge on any atom is 0.222 e. The molecular formula is C13H25N2OP. The van der Waals surface area contributed by atoms with Crippen LogP contribution in [0.4, 0.5) is 0 Å². The molecule has 0 bridgehead atoms. The lowest BCUT2D eigenvalue weighted by atomic mass is 10.1. The molecule has 1 amide bonds. The molecule has 17 heavy (non-hydrogen) atoms. The van der Waals surface area contributed by atoms with E-state index in [1.165, 1.54) is 19.1 Å². The Bertz CT molecular complexity index is 238. The summed E-state index contributed by atoms with van der Waals surface area (Å²) in [4.78, 5) is 14.0. The quantitative estimate of drug-likeness (QED) is 0.425. The first-order valence-electron chi connectivity index (χ1n) is 6.72. The van der Waals surface area contributed by atoms with Crippen LogP contribution in [0.3, 0.4) is 0 Å². The van der Waals surface area contributed by atoms with Crippen molar-refractivity contribution in [2.45, 2.75) is 50.6 Å². The number of piperidine rings is 1. The van der Waals surface area contributed by atoms with E-state index in [0.29, 0.717) is 12.3 Å². The second kappa shape index (κ2) is 8.63. The molecule has 0 saturated carbocycles. The normalized spacial score (nSPS) is 17.8. The highest BCUT2D eigenvalue weighted by Crippen LogP contribution is 2.25. The largest absolute Gasteiger partial charge is 0.343 e. The Morgan fingerprint density at radius 2 is 2.06 bits per heavy atom. The van der Waals surface area contributed by atoms with Gasteiger partial charge in [0.15, 0.2) is 0 Å². The fraction of sp³-hybridized carbons (Fsp3) is 0.846. The number of carbonyl (C=O) groups excluding carboxylic acids is 1. The molecule has 4 heteroatoms. The van der Waals surface area contributed by atoms with E-state index in [0.717, 1.165) is 53.0 Å². The van der Waals surface area contributed by atoms with Crippen molar-refractivity contribution in [2.75, 3.05) is 19.8 Å². The first-order valence-corrected chi connectivity index (χ1v) is 8.29. The number of hydrogen-bond acceptors (Lipinski definition) is 2. The van der Waals surface area contributed by atoms with Gasteiger partial charge in [-0.25, -0.2) is 0 Å². The number of carbonyl (C=O) groups is 1. The Morgan fingerprint density at radius 3 is 2.65 bits per heavy atom. The van der Waals surface area contributed by atoms with E-state index in [2.05, 4.69) is 6.66 Å². The van der Waals surface area contributed by atoms with Crippen LogP contribution >= 0.6 is 8.58 Å². The van der Waals surface area contributed by atoms with Gasteiger partial charge in [-0.3, -0.25) is 4.79 Å². The van der Waals surface area contributed by atoms with E-state index in [4.69, 9.17) is 5.41 Å². The van der Waals surface area contributed by atoms with Crippen molar-refractivity contribution >= 4 is 20.7 Å². The lowest BCUT2D eigenvalue weighted by molar-refractivity contribution is -0.132. The molecule has 0 radical (unpaired) electrons. The topological polar surface area (TPSA) is 44.2 Å². The summed E-state index contributed by atoms with van der Waals surface area (Å²) < 4.78 is 0. The van der Waals surface area contributed by atoms with Gasteiger partial charge < -0.3 is 10.3 Å². The molecule has 0 spiro atoms. The van der Waals surface area contributed by atoms with Crippen LogP contribution in [0.1, 0.15) is 44.9 Å². The zero-order valence-corrected chi connectivity index (χ0v) is 11.9. The number of likely N-dealkylation sites (tertiary alicyclic amines) is 1. The molecule has 0 aromatic rings.